The summed E-state index contributed by atoms with van der Waals surface area (Å²) in [4.78, 5) is 15.9. The number of hydrogen-bond donors (Lipinski definition) is 2. The maximum Gasteiger partial charge on any atom is 0.410 e. The topological polar surface area (TPSA) is 97.0 Å². The van der Waals surface area contributed by atoms with Crippen molar-refractivity contribution in [2.45, 2.75) is 25.7 Å². The highest BCUT2D eigenvalue weighted by Crippen LogP contribution is 2.25. The molecule has 0 saturated carbocycles. The Hall–Kier alpha value is -2.99. The van der Waals surface area contributed by atoms with E-state index in [0.29, 0.717) is 24.2 Å². The van der Waals surface area contributed by atoms with Crippen LogP contribution in [0.1, 0.15) is 28.4 Å². The minimum absolute atomic E-state index is 0.0822. The molecule has 8 heteroatoms. The molecule has 1 aliphatic rings. The van der Waals surface area contributed by atoms with Gasteiger partial charge in [0, 0.05) is 26.2 Å². The lowest BCUT2D eigenvalue weighted by Crippen LogP contribution is -2.56. The number of benzene rings is 2. The van der Waals surface area contributed by atoms with Crippen LogP contribution in [0.15, 0.2) is 42.5 Å². The molecule has 0 radical (unpaired) electrons. The quantitative estimate of drug-likeness (QED) is 0.735. The van der Waals surface area contributed by atoms with Gasteiger partial charge in [-0.2, -0.15) is 5.26 Å². The predicted octanol–water partition coefficient (Wildman–Crippen LogP) is 2.35. The maximum atomic E-state index is 13.8. The van der Waals surface area contributed by atoms with Crippen LogP contribution < -0.4 is 0 Å². The van der Waals surface area contributed by atoms with E-state index in [1.165, 1.54) is 12.1 Å². The van der Waals surface area contributed by atoms with Crippen molar-refractivity contribution in [3.63, 3.8) is 0 Å². The Morgan fingerprint density at radius 1 is 1.29 bits per heavy atom. The van der Waals surface area contributed by atoms with Gasteiger partial charge in [-0.25, -0.2) is 9.18 Å². The summed E-state index contributed by atoms with van der Waals surface area (Å²) in [5, 5.41) is 29.7. The van der Waals surface area contributed by atoms with E-state index in [2.05, 4.69) is 0 Å². The van der Waals surface area contributed by atoms with Crippen molar-refractivity contribution in [2.24, 2.45) is 0 Å². The molecule has 1 amide bonds. The summed E-state index contributed by atoms with van der Waals surface area (Å²) >= 11 is 0. The van der Waals surface area contributed by atoms with Crippen molar-refractivity contribution in [3.05, 3.63) is 70.5 Å². The van der Waals surface area contributed by atoms with Gasteiger partial charge < -0.3 is 19.8 Å². The van der Waals surface area contributed by atoms with Crippen LogP contribution in [0.4, 0.5) is 9.18 Å². The van der Waals surface area contributed by atoms with E-state index in [9.17, 15) is 19.4 Å². The molecular formula is C23H26FN3O4. The molecule has 2 N–H and O–H groups in total. The largest absolute Gasteiger partial charge is 0.445 e. The van der Waals surface area contributed by atoms with Crippen molar-refractivity contribution in [1.82, 2.24) is 9.80 Å². The number of nitrogens with zero attached hydrogens (tertiary/aromatic N) is 3. The molecule has 2 atom stereocenters. The summed E-state index contributed by atoms with van der Waals surface area (Å²) < 4.78 is 19.1. The van der Waals surface area contributed by atoms with Gasteiger partial charge in [0.2, 0.25) is 0 Å². The van der Waals surface area contributed by atoms with Crippen molar-refractivity contribution in [2.75, 3.05) is 32.8 Å². The SMILES string of the molecule is Cc1c(C(O)CN2CCN(C(=O)OCc3ccccc3)C[C@H]2CO)ccc(F)c1C#N. The Balaban J connectivity index is 1.60. The number of carbonyl (C=O) groups is 1. The summed E-state index contributed by atoms with van der Waals surface area (Å²) in [6.45, 7) is 2.87. The van der Waals surface area contributed by atoms with Gasteiger partial charge in [-0.15, -0.1) is 0 Å². The molecule has 0 aliphatic carbocycles. The van der Waals surface area contributed by atoms with Crippen LogP contribution in [0.5, 0.6) is 0 Å². The number of β-amino-alcohol motifs (C(OH)–C–C–N with tert-alkyl or cyclic N) is 1. The Bertz CT molecular complexity index is 948. The predicted molar refractivity (Wildman–Crippen MR) is 111 cm³/mol. The van der Waals surface area contributed by atoms with Crippen molar-refractivity contribution in [1.29, 1.82) is 5.26 Å². The third kappa shape index (κ3) is 5.39. The van der Waals surface area contributed by atoms with Crippen molar-refractivity contribution < 1.29 is 24.1 Å². The lowest BCUT2D eigenvalue weighted by atomic mass is 9.97. The van der Waals surface area contributed by atoms with Crippen LogP contribution in [0, 0.1) is 24.1 Å². The maximum absolute atomic E-state index is 13.8. The Morgan fingerprint density at radius 2 is 2.03 bits per heavy atom. The third-order valence-electron chi connectivity index (χ3n) is 5.61. The normalized spacial score (nSPS) is 17.8. The van der Waals surface area contributed by atoms with E-state index < -0.39 is 18.0 Å². The lowest BCUT2D eigenvalue weighted by molar-refractivity contribution is 0.00528. The van der Waals surface area contributed by atoms with Crippen LogP contribution in [-0.2, 0) is 11.3 Å². The molecule has 2 aromatic carbocycles. The third-order valence-corrected chi connectivity index (χ3v) is 5.61. The van der Waals surface area contributed by atoms with Gasteiger partial charge in [-0.1, -0.05) is 36.4 Å². The van der Waals surface area contributed by atoms with Crippen molar-refractivity contribution >= 4 is 6.09 Å². The van der Waals surface area contributed by atoms with E-state index in [1.807, 2.05) is 41.3 Å². The number of aliphatic hydroxyl groups is 2. The second kappa shape index (κ2) is 10.4. The standard InChI is InChI=1S/C23H26FN3O4/c1-16-19(7-8-21(24)20(16)11-25)22(29)13-26-9-10-27(12-18(26)14-28)23(30)31-15-17-5-3-2-4-6-17/h2-8,18,22,28-29H,9-10,12-15H2,1H3/t18-,22?/m0/s1. The Kier molecular flexibility index (Phi) is 7.58. The summed E-state index contributed by atoms with van der Waals surface area (Å²) in [7, 11) is 0. The van der Waals surface area contributed by atoms with E-state index in [0.717, 1.165) is 5.56 Å². The fraction of sp³-hybridized carbons (Fsp3) is 0.391. The average molecular weight is 427 g/mol. The van der Waals surface area contributed by atoms with Crippen LogP contribution >= 0.6 is 0 Å². The number of nitriles is 1. The molecule has 0 spiro atoms. The first kappa shape index (κ1) is 22.7. The highest BCUT2D eigenvalue weighted by Gasteiger charge is 2.31. The molecule has 1 fully saturated rings. The fourth-order valence-electron chi connectivity index (χ4n) is 3.80. The molecule has 164 valence electrons. The minimum atomic E-state index is -0.960. The second-order valence-electron chi connectivity index (χ2n) is 7.58. The number of hydrogen-bond acceptors (Lipinski definition) is 6. The number of carbonyl (C=O) groups excluding carboxylic acids is 1. The molecule has 1 unspecified atom stereocenters. The minimum Gasteiger partial charge on any atom is -0.445 e. The van der Waals surface area contributed by atoms with Crippen LogP contribution in [0.3, 0.4) is 0 Å². The van der Waals surface area contributed by atoms with Gasteiger partial charge in [-0.05, 0) is 29.7 Å². The summed E-state index contributed by atoms with van der Waals surface area (Å²) in [5.74, 6) is -0.619. The van der Waals surface area contributed by atoms with Crippen LogP contribution in [0.2, 0.25) is 0 Å². The van der Waals surface area contributed by atoms with Gasteiger partial charge in [0.25, 0.3) is 0 Å². The molecule has 1 saturated heterocycles. The van der Waals surface area contributed by atoms with Crippen molar-refractivity contribution in [3.8, 4) is 6.07 Å². The van der Waals surface area contributed by atoms with Crippen LogP contribution in [0.25, 0.3) is 0 Å². The monoisotopic (exact) mass is 427 g/mol. The number of rotatable bonds is 6. The molecule has 0 bridgehead atoms. The molecule has 2 aromatic rings. The van der Waals surface area contributed by atoms with Gasteiger partial charge in [0.1, 0.15) is 18.5 Å². The number of ether oxygens (including phenoxy) is 1. The van der Waals surface area contributed by atoms with E-state index in [-0.39, 0.29) is 37.9 Å². The molecule has 0 aromatic heterocycles. The molecule has 7 nitrogen and oxygen atoms in total. The number of amides is 1. The lowest BCUT2D eigenvalue weighted by Gasteiger charge is -2.41. The number of piperazine rings is 1. The number of aliphatic hydroxyl groups excluding tert-OH is 2. The molecule has 1 aliphatic heterocycles. The molecule has 31 heavy (non-hydrogen) atoms. The molecular weight excluding hydrogens is 401 g/mol. The van der Waals surface area contributed by atoms with Gasteiger partial charge in [-0.3, -0.25) is 4.90 Å². The fourth-order valence-corrected chi connectivity index (χ4v) is 3.80. The summed E-state index contributed by atoms with van der Waals surface area (Å²) in [6, 6.07) is 13.5. The zero-order valence-corrected chi connectivity index (χ0v) is 17.4. The van der Waals surface area contributed by atoms with E-state index in [1.54, 1.807) is 11.8 Å². The zero-order valence-electron chi connectivity index (χ0n) is 17.4. The first-order valence-corrected chi connectivity index (χ1v) is 10.1. The van der Waals surface area contributed by atoms with E-state index >= 15 is 0 Å². The zero-order chi connectivity index (χ0) is 22.4. The summed E-state index contributed by atoms with van der Waals surface area (Å²) in [5.41, 5.74) is 1.68. The molecule has 3 rings (SSSR count). The smallest absolute Gasteiger partial charge is 0.410 e. The highest BCUT2D eigenvalue weighted by atomic mass is 19.1. The van der Waals surface area contributed by atoms with E-state index in [4.69, 9.17) is 10.00 Å². The molecule has 1 heterocycles. The van der Waals surface area contributed by atoms with Gasteiger partial charge >= 0.3 is 6.09 Å². The Morgan fingerprint density at radius 3 is 2.71 bits per heavy atom. The average Bonchev–Trinajstić information content (AvgIpc) is 2.78. The Labute approximate surface area is 180 Å². The first-order chi connectivity index (χ1) is 14.9. The first-order valence-electron chi connectivity index (χ1n) is 10.1. The second-order valence-corrected chi connectivity index (χ2v) is 7.58. The van der Waals surface area contributed by atoms with Gasteiger partial charge in [0.15, 0.2) is 0 Å². The van der Waals surface area contributed by atoms with Gasteiger partial charge in [0.05, 0.1) is 24.3 Å². The highest BCUT2D eigenvalue weighted by molar-refractivity contribution is 5.67. The number of halogens is 1. The van der Waals surface area contributed by atoms with Crippen LogP contribution in [-0.4, -0.2) is 64.9 Å². The summed E-state index contributed by atoms with van der Waals surface area (Å²) in [6.07, 6.45) is -1.41.